The first-order chi connectivity index (χ1) is 6.52. The van der Waals surface area contributed by atoms with E-state index >= 15 is 0 Å². The van der Waals surface area contributed by atoms with Crippen LogP contribution in [-0.2, 0) is 6.42 Å². The topological polar surface area (TPSA) is 40.5 Å². The zero-order valence-electron chi connectivity index (χ0n) is 8.32. The Labute approximate surface area is 83.0 Å². The van der Waals surface area contributed by atoms with Crippen molar-refractivity contribution >= 4 is 11.8 Å². The molecular weight excluding hydrogens is 178 g/mol. The molecule has 0 radical (unpaired) electrons. The molecule has 1 N–H and O–H groups in total. The lowest BCUT2D eigenvalue weighted by molar-refractivity contribution is 0.196. The molecule has 1 aliphatic rings. The number of nitrogens with zero attached hydrogens (tertiary/aromatic N) is 1. The van der Waals surface area contributed by atoms with E-state index in [9.17, 15) is 4.79 Å². The summed E-state index contributed by atoms with van der Waals surface area (Å²) in [4.78, 5) is 12.6. The number of amides is 1. The lowest BCUT2D eigenvalue weighted by Crippen LogP contribution is -2.44. The van der Waals surface area contributed by atoms with E-state index in [4.69, 9.17) is 5.11 Å². The quantitative estimate of drug-likeness (QED) is 0.684. The van der Waals surface area contributed by atoms with E-state index in [-0.39, 0.29) is 5.54 Å². The Balaban J connectivity index is 2.53. The minimum atomic E-state index is -0.875. The summed E-state index contributed by atoms with van der Waals surface area (Å²) in [5, 5.41) is 9.12. The highest BCUT2D eigenvalue weighted by molar-refractivity contribution is 5.90. The van der Waals surface area contributed by atoms with Crippen LogP contribution >= 0.6 is 0 Å². The molecule has 3 heteroatoms. The standard InChI is InChI=1S/C11H13NO2/c1-11(2)7-8-5-3-4-6-9(8)12(11)10(13)14/h3-6H,7H2,1-2H3,(H,13,14). The summed E-state index contributed by atoms with van der Waals surface area (Å²) in [6, 6.07) is 7.66. The van der Waals surface area contributed by atoms with E-state index in [0.717, 1.165) is 17.7 Å². The summed E-state index contributed by atoms with van der Waals surface area (Å²) in [5.41, 5.74) is 1.61. The van der Waals surface area contributed by atoms with Crippen LogP contribution in [0.25, 0.3) is 0 Å². The van der Waals surface area contributed by atoms with Crippen molar-refractivity contribution < 1.29 is 9.90 Å². The predicted octanol–water partition coefficient (Wildman–Crippen LogP) is 2.51. The first kappa shape index (κ1) is 9.06. The minimum Gasteiger partial charge on any atom is -0.465 e. The number of fused-ring (bicyclic) bond motifs is 1. The summed E-state index contributed by atoms with van der Waals surface area (Å²) < 4.78 is 0. The van der Waals surface area contributed by atoms with Gasteiger partial charge in [0.2, 0.25) is 0 Å². The summed E-state index contributed by atoms with van der Waals surface area (Å²) in [6.45, 7) is 3.89. The number of benzene rings is 1. The summed E-state index contributed by atoms with van der Waals surface area (Å²) in [6.07, 6.45) is -0.0879. The smallest absolute Gasteiger partial charge is 0.412 e. The van der Waals surface area contributed by atoms with Crippen molar-refractivity contribution in [1.29, 1.82) is 0 Å². The second kappa shape index (κ2) is 2.74. The number of anilines is 1. The van der Waals surface area contributed by atoms with Gasteiger partial charge in [0.05, 0.1) is 5.69 Å². The third-order valence-corrected chi connectivity index (χ3v) is 2.65. The van der Waals surface area contributed by atoms with Gasteiger partial charge in [-0.15, -0.1) is 0 Å². The third kappa shape index (κ3) is 1.16. The van der Waals surface area contributed by atoms with Gasteiger partial charge in [0.1, 0.15) is 0 Å². The molecule has 0 spiro atoms. The van der Waals surface area contributed by atoms with Crippen LogP contribution < -0.4 is 4.90 Å². The fourth-order valence-electron chi connectivity index (χ4n) is 2.11. The highest BCUT2D eigenvalue weighted by Crippen LogP contribution is 2.38. The van der Waals surface area contributed by atoms with E-state index in [1.165, 1.54) is 4.90 Å². The molecule has 1 heterocycles. The summed E-state index contributed by atoms with van der Waals surface area (Å²) in [5.74, 6) is 0. The van der Waals surface area contributed by atoms with Gasteiger partial charge in [-0.1, -0.05) is 18.2 Å². The Morgan fingerprint density at radius 2 is 2.07 bits per heavy atom. The molecule has 1 amide bonds. The van der Waals surface area contributed by atoms with Crippen molar-refractivity contribution in [3.63, 3.8) is 0 Å². The molecule has 0 atom stereocenters. The largest absolute Gasteiger partial charge is 0.465 e. The molecule has 3 nitrogen and oxygen atoms in total. The lowest BCUT2D eigenvalue weighted by Gasteiger charge is -2.29. The Morgan fingerprint density at radius 1 is 1.43 bits per heavy atom. The van der Waals surface area contributed by atoms with Crippen molar-refractivity contribution in [2.24, 2.45) is 0 Å². The van der Waals surface area contributed by atoms with Crippen LogP contribution in [0.2, 0.25) is 0 Å². The molecule has 74 valence electrons. The summed E-state index contributed by atoms with van der Waals surface area (Å²) >= 11 is 0. The maximum absolute atomic E-state index is 11.1. The normalized spacial score (nSPS) is 18.0. The van der Waals surface area contributed by atoms with Crippen LogP contribution in [0.4, 0.5) is 10.5 Å². The van der Waals surface area contributed by atoms with Gasteiger partial charge in [-0.2, -0.15) is 0 Å². The number of carboxylic acid groups (broad SMARTS) is 1. The number of hydrogen-bond acceptors (Lipinski definition) is 1. The Bertz CT molecular complexity index is 385. The highest BCUT2D eigenvalue weighted by Gasteiger charge is 2.39. The van der Waals surface area contributed by atoms with Gasteiger partial charge in [-0.05, 0) is 31.9 Å². The van der Waals surface area contributed by atoms with Gasteiger partial charge >= 0.3 is 6.09 Å². The Kier molecular flexibility index (Phi) is 1.77. The molecule has 1 aliphatic heterocycles. The van der Waals surface area contributed by atoms with E-state index < -0.39 is 6.09 Å². The Hall–Kier alpha value is -1.51. The van der Waals surface area contributed by atoms with Crippen molar-refractivity contribution in [1.82, 2.24) is 0 Å². The summed E-state index contributed by atoms with van der Waals surface area (Å²) in [7, 11) is 0. The van der Waals surface area contributed by atoms with Crippen molar-refractivity contribution in [3.8, 4) is 0 Å². The van der Waals surface area contributed by atoms with Gasteiger partial charge in [0.15, 0.2) is 0 Å². The van der Waals surface area contributed by atoms with Gasteiger partial charge in [-0.25, -0.2) is 4.79 Å². The average Bonchev–Trinajstić information content (AvgIpc) is 2.33. The first-order valence-corrected chi connectivity index (χ1v) is 4.63. The number of rotatable bonds is 0. The van der Waals surface area contributed by atoms with E-state index in [1.54, 1.807) is 0 Å². The van der Waals surface area contributed by atoms with Gasteiger partial charge in [-0.3, -0.25) is 4.90 Å². The second-order valence-corrected chi connectivity index (χ2v) is 4.24. The van der Waals surface area contributed by atoms with Crippen LogP contribution in [0.5, 0.6) is 0 Å². The van der Waals surface area contributed by atoms with Crippen LogP contribution in [0.15, 0.2) is 24.3 Å². The zero-order chi connectivity index (χ0) is 10.3. The molecule has 1 aromatic rings. The van der Waals surface area contributed by atoms with E-state index in [1.807, 2.05) is 38.1 Å². The molecule has 0 unspecified atom stereocenters. The van der Waals surface area contributed by atoms with Crippen molar-refractivity contribution in [2.75, 3.05) is 4.90 Å². The van der Waals surface area contributed by atoms with Crippen LogP contribution in [-0.4, -0.2) is 16.7 Å². The molecule has 0 aliphatic carbocycles. The van der Waals surface area contributed by atoms with Gasteiger partial charge < -0.3 is 5.11 Å². The second-order valence-electron chi connectivity index (χ2n) is 4.24. The lowest BCUT2D eigenvalue weighted by atomic mass is 10.00. The molecule has 0 fully saturated rings. The maximum Gasteiger partial charge on any atom is 0.412 e. The molecule has 0 bridgehead atoms. The number of hydrogen-bond donors (Lipinski definition) is 1. The zero-order valence-corrected chi connectivity index (χ0v) is 8.32. The fourth-order valence-corrected chi connectivity index (χ4v) is 2.11. The Morgan fingerprint density at radius 3 is 2.71 bits per heavy atom. The molecule has 1 aromatic carbocycles. The minimum absolute atomic E-state index is 0.324. The molecular formula is C11H13NO2. The number of carbonyl (C=O) groups is 1. The predicted molar refractivity (Wildman–Crippen MR) is 54.7 cm³/mol. The molecule has 0 saturated heterocycles. The van der Waals surface area contributed by atoms with Crippen LogP contribution in [0.1, 0.15) is 19.4 Å². The molecule has 0 aromatic heterocycles. The fraction of sp³-hybridized carbons (Fsp3) is 0.364. The monoisotopic (exact) mass is 191 g/mol. The maximum atomic E-state index is 11.1. The molecule has 0 saturated carbocycles. The molecule has 14 heavy (non-hydrogen) atoms. The van der Waals surface area contributed by atoms with Gasteiger partial charge in [0, 0.05) is 5.54 Å². The van der Waals surface area contributed by atoms with Crippen molar-refractivity contribution in [3.05, 3.63) is 29.8 Å². The van der Waals surface area contributed by atoms with Crippen LogP contribution in [0, 0.1) is 0 Å². The van der Waals surface area contributed by atoms with E-state index in [0.29, 0.717) is 0 Å². The van der Waals surface area contributed by atoms with E-state index in [2.05, 4.69) is 0 Å². The van der Waals surface area contributed by atoms with Crippen LogP contribution in [0.3, 0.4) is 0 Å². The van der Waals surface area contributed by atoms with Gasteiger partial charge in [0.25, 0.3) is 0 Å². The first-order valence-electron chi connectivity index (χ1n) is 4.63. The highest BCUT2D eigenvalue weighted by atomic mass is 16.4. The van der Waals surface area contributed by atoms with Crippen molar-refractivity contribution in [2.45, 2.75) is 25.8 Å². The third-order valence-electron chi connectivity index (χ3n) is 2.65. The SMILES string of the molecule is CC1(C)Cc2ccccc2N1C(=O)O. The number of para-hydroxylation sites is 1. The molecule has 2 rings (SSSR count). The average molecular weight is 191 g/mol.